The van der Waals surface area contributed by atoms with E-state index in [1.54, 1.807) is 28.8 Å². The van der Waals surface area contributed by atoms with Crippen molar-refractivity contribution in [3.8, 4) is 11.3 Å². The summed E-state index contributed by atoms with van der Waals surface area (Å²) in [6.07, 6.45) is 0. The van der Waals surface area contributed by atoms with Crippen LogP contribution in [0.3, 0.4) is 0 Å². The van der Waals surface area contributed by atoms with Gasteiger partial charge in [-0.05, 0) is 36.2 Å². The van der Waals surface area contributed by atoms with Gasteiger partial charge in [-0.15, -0.1) is 0 Å². The minimum absolute atomic E-state index is 0.130. The zero-order valence-electron chi connectivity index (χ0n) is 13.6. The van der Waals surface area contributed by atoms with Gasteiger partial charge in [-0.3, -0.25) is 4.79 Å². The zero-order chi connectivity index (χ0) is 18.1. The summed E-state index contributed by atoms with van der Waals surface area (Å²) < 4.78 is 1.58. The summed E-state index contributed by atoms with van der Waals surface area (Å²) in [7, 11) is 0. The SMILES string of the molecule is C=C(C(=O)O)c1c2cccccc-2n(Cc2ccc(Cl)cc2C)c1=O. The van der Waals surface area contributed by atoms with Gasteiger partial charge in [0, 0.05) is 10.6 Å². The van der Waals surface area contributed by atoms with E-state index >= 15 is 0 Å². The van der Waals surface area contributed by atoms with E-state index < -0.39 is 5.97 Å². The highest BCUT2D eigenvalue weighted by Crippen LogP contribution is 2.29. The lowest BCUT2D eigenvalue weighted by molar-refractivity contribution is -0.130. The minimum Gasteiger partial charge on any atom is -0.478 e. The molecule has 0 fully saturated rings. The first-order chi connectivity index (χ1) is 11.9. The van der Waals surface area contributed by atoms with Gasteiger partial charge in [0.1, 0.15) is 0 Å². The molecular formula is C20H16ClNO3. The van der Waals surface area contributed by atoms with E-state index in [-0.39, 0.29) is 16.7 Å². The van der Waals surface area contributed by atoms with Crippen LogP contribution in [0, 0.1) is 6.92 Å². The van der Waals surface area contributed by atoms with Crippen molar-refractivity contribution in [3.05, 3.63) is 87.2 Å². The Kier molecular flexibility index (Phi) is 4.47. The van der Waals surface area contributed by atoms with Crippen molar-refractivity contribution < 1.29 is 9.90 Å². The van der Waals surface area contributed by atoms with Gasteiger partial charge in [0.2, 0.25) is 0 Å². The fourth-order valence-electron chi connectivity index (χ4n) is 2.91. The highest BCUT2D eigenvalue weighted by atomic mass is 35.5. The molecule has 0 saturated heterocycles. The first kappa shape index (κ1) is 17.0. The van der Waals surface area contributed by atoms with Crippen LogP contribution in [0.4, 0.5) is 0 Å². The third-order valence-electron chi connectivity index (χ3n) is 4.23. The second-order valence-electron chi connectivity index (χ2n) is 5.83. The Morgan fingerprint density at radius 1 is 1.20 bits per heavy atom. The van der Waals surface area contributed by atoms with E-state index in [4.69, 9.17) is 11.6 Å². The average Bonchev–Trinajstić information content (AvgIpc) is 2.71. The maximum absolute atomic E-state index is 12.9. The standard InChI is InChI=1S/C20H16ClNO3/c1-12-10-15(21)9-8-14(12)11-22-17-7-5-3-4-6-16(17)18(19(22)23)13(2)20(24)25/h3-10H,2,11H2,1H3,(H,24,25). The minimum atomic E-state index is -1.20. The molecule has 1 aliphatic carbocycles. The molecule has 0 saturated carbocycles. The van der Waals surface area contributed by atoms with Crippen molar-refractivity contribution in [1.82, 2.24) is 4.57 Å². The van der Waals surface area contributed by atoms with Crippen LogP contribution in [0.2, 0.25) is 5.02 Å². The molecule has 0 bridgehead atoms. The zero-order valence-corrected chi connectivity index (χ0v) is 14.4. The smallest absolute Gasteiger partial charge is 0.335 e. The third kappa shape index (κ3) is 3.08. The summed E-state index contributed by atoms with van der Waals surface area (Å²) in [4.78, 5) is 24.3. The molecule has 3 rings (SSSR count). The summed E-state index contributed by atoms with van der Waals surface area (Å²) in [5.74, 6) is -1.20. The normalized spacial score (nSPS) is 10.8. The molecule has 0 unspecified atom stereocenters. The fourth-order valence-corrected chi connectivity index (χ4v) is 3.13. The van der Waals surface area contributed by atoms with Crippen LogP contribution in [0.5, 0.6) is 0 Å². The second-order valence-corrected chi connectivity index (χ2v) is 6.27. The van der Waals surface area contributed by atoms with E-state index in [9.17, 15) is 14.7 Å². The number of benzene rings is 1. The van der Waals surface area contributed by atoms with Gasteiger partial charge < -0.3 is 9.67 Å². The Hall–Kier alpha value is -2.85. The molecule has 0 atom stereocenters. The number of aliphatic carboxylic acids is 1. The molecule has 25 heavy (non-hydrogen) atoms. The van der Waals surface area contributed by atoms with Crippen molar-refractivity contribution in [2.75, 3.05) is 0 Å². The van der Waals surface area contributed by atoms with Crippen LogP contribution >= 0.6 is 11.6 Å². The highest BCUT2D eigenvalue weighted by Gasteiger charge is 2.24. The lowest BCUT2D eigenvalue weighted by Crippen LogP contribution is -2.19. The Labute approximate surface area is 150 Å². The van der Waals surface area contributed by atoms with Crippen molar-refractivity contribution >= 4 is 23.1 Å². The predicted molar refractivity (Wildman–Crippen MR) is 99.3 cm³/mol. The van der Waals surface area contributed by atoms with Gasteiger partial charge in [-0.2, -0.15) is 0 Å². The van der Waals surface area contributed by atoms with E-state index in [1.807, 2.05) is 31.2 Å². The number of carboxylic acid groups (broad SMARTS) is 1. The molecule has 4 nitrogen and oxygen atoms in total. The van der Waals surface area contributed by atoms with Crippen LogP contribution in [0.15, 0.2) is 59.9 Å². The molecule has 0 spiro atoms. The van der Waals surface area contributed by atoms with Crippen molar-refractivity contribution in [2.45, 2.75) is 13.5 Å². The molecule has 0 radical (unpaired) electrons. The lowest BCUT2D eigenvalue weighted by atomic mass is 10.0. The molecule has 126 valence electrons. The Morgan fingerprint density at radius 3 is 2.60 bits per heavy atom. The average molecular weight is 354 g/mol. The number of nitrogens with zero attached hydrogens (tertiary/aromatic N) is 1. The fraction of sp³-hybridized carbons (Fsp3) is 0.100. The lowest BCUT2D eigenvalue weighted by Gasteiger charge is -2.09. The topological polar surface area (TPSA) is 59.3 Å². The molecule has 1 aromatic carbocycles. The van der Waals surface area contributed by atoms with Gasteiger partial charge >= 0.3 is 5.97 Å². The first-order valence-electron chi connectivity index (χ1n) is 7.69. The number of aryl methyl sites for hydroxylation is 1. The third-order valence-corrected chi connectivity index (χ3v) is 4.46. The van der Waals surface area contributed by atoms with Gasteiger partial charge in [-0.25, -0.2) is 4.79 Å². The van der Waals surface area contributed by atoms with E-state index in [0.29, 0.717) is 22.8 Å². The summed E-state index contributed by atoms with van der Waals surface area (Å²) in [6.45, 7) is 5.83. The summed E-state index contributed by atoms with van der Waals surface area (Å²) >= 11 is 6.00. The Bertz CT molecular complexity index is 1020. The number of hydrogen-bond donors (Lipinski definition) is 1. The van der Waals surface area contributed by atoms with E-state index in [2.05, 4.69) is 6.58 Å². The molecule has 1 N–H and O–H groups in total. The largest absolute Gasteiger partial charge is 0.478 e. The monoisotopic (exact) mass is 353 g/mol. The summed E-state index contributed by atoms with van der Waals surface area (Å²) in [5, 5.41) is 9.92. The first-order valence-corrected chi connectivity index (χ1v) is 8.07. The number of halogens is 1. The van der Waals surface area contributed by atoms with Gasteiger partial charge in [0.15, 0.2) is 0 Å². The van der Waals surface area contributed by atoms with Crippen molar-refractivity contribution in [3.63, 3.8) is 0 Å². The van der Waals surface area contributed by atoms with Crippen LogP contribution in [-0.2, 0) is 11.3 Å². The number of carboxylic acids is 1. The predicted octanol–water partition coefficient (Wildman–Crippen LogP) is 4.06. The summed E-state index contributed by atoms with van der Waals surface area (Å²) in [5.41, 5.74) is 2.72. The van der Waals surface area contributed by atoms with Gasteiger partial charge in [-0.1, -0.05) is 48.5 Å². The van der Waals surface area contributed by atoms with Gasteiger partial charge in [0.05, 0.1) is 23.4 Å². The number of hydrogen-bond acceptors (Lipinski definition) is 2. The summed E-state index contributed by atoms with van der Waals surface area (Å²) in [6, 6.07) is 14.5. The van der Waals surface area contributed by atoms with E-state index in [1.165, 1.54) is 0 Å². The number of aromatic nitrogens is 1. The Morgan fingerprint density at radius 2 is 1.92 bits per heavy atom. The molecule has 2 aliphatic rings. The number of carbonyl (C=O) groups is 1. The quantitative estimate of drug-likeness (QED) is 0.719. The van der Waals surface area contributed by atoms with Crippen LogP contribution in [-0.4, -0.2) is 15.6 Å². The van der Waals surface area contributed by atoms with Crippen LogP contribution in [0.25, 0.3) is 16.8 Å². The molecule has 0 aromatic heterocycles. The van der Waals surface area contributed by atoms with Crippen molar-refractivity contribution in [1.29, 1.82) is 0 Å². The molecular weight excluding hydrogens is 338 g/mol. The van der Waals surface area contributed by atoms with Crippen molar-refractivity contribution in [2.24, 2.45) is 0 Å². The van der Waals surface area contributed by atoms with Gasteiger partial charge in [0.25, 0.3) is 5.56 Å². The molecule has 1 heterocycles. The highest BCUT2D eigenvalue weighted by molar-refractivity contribution is 6.30. The molecule has 0 amide bonds. The Balaban J connectivity index is 2.22. The second kappa shape index (κ2) is 6.57. The number of rotatable bonds is 4. The van der Waals surface area contributed by atoms with E-state index in [0.717, 1.165) is 11.1 Å². The van der Waals surface area contributed by atoms with Crippen LogP contribution in [0.1, 0.15) is 16.7 Å². The van der Waals surface area contributed by atoms with Crippen LogP contribution < -0.4 is 5.56 Å². The molecule has 1 aromatic rings. The molecule has 1 aliphatic heterocycles. The number of fused-ring (bicyclic) bond motifs is 1. The maximum Gasteiger partial charge on any atom is 0.335 e. The maximum atomic E-state index is 12.9. The molecule has 5 heteroatoms.